The molecule has 3 rings (SSSR count). The molecule has 2 bridgehead atoms. The van der Waals surface area contributed by atoms with Gasteiger partial charge in [-0.1, -0.05) is 19.3 Å². The Morgan fingerprint density at radius 2 is 1.85 bits per heavy atom. The van der Waals surface area contributed by atoms with Crippen molar-refractivity contribution < 1.29 is 43.0 Å². The minimum Gasteiger partial charge on any atom is -0.741 e. The number of hydrogen-bond donors (Lipinski definition) is 3. The topological polar surface area (TPSA) is 171 Å². The van der Waals surface area contributed by atoms with Crippen molar-refractivity contribution >= 4 is 29.5 Å². The van der Waals surface area contributed by atoms with Gasteiger partial charge in [-0.2, -0.15) is 10.2 Å². The molecule has 3 fully saturated rings. The number of carbonyl (C=O) groups is 1. The van der Waals surface area contributed by atoms with Crippen LogP contribution in [-0.4, -0.2) is 43.6 Å². The summed E-state index contributed by atoms with van der Waals surface area (Å²) in [4.78, 5) is 9.00. The molecule has 3 aliphatic rings. The van der Waals surface area contributed by atoms with E-state index in [4.69, 9.17) is 28.3 Å². The minimum atomic E-state index is -0.833. The Labute approximate surface area is 170 Å². The molecule has 156 valence electrons. The first-order valence-corrected chi connectivity index (χ1v) is 8.75. The molecule has 8 N–H and O–H groups in total. The van der Waals surface area contributed by atoms with Gasteiger partial charge in [0.15, 0.2) is 0 Å². The number of aliphatic hydroxyl groups is 1. The van der Waals surface area contributed by atoms with Crippen molar-refractivity contribution in [3.63, 3.8) is 0 Å². The van der Waals surface area contributed by atoms with E-state index in [1.807, 2.05) is 0 Å². The summed E-state index contributed by atoms with van der Waals surface area (Å²) in [7, 11) is 0. The molecule has 0 saturated heterocycles. The molecular weight excluding hydrogens is 410 g/mol. The van der Waals surface area contributed by atoms with E-state index in [0.717, 1.165) is 38.3 Å². The van der Waals surface area contributed by atoms with Gasteiger partial charge in [0.1, 0.15) is 0 Å². The van der Waals surface area contributed by atoms with Gasteiger partial charge in [0.25, 0.3) is 5.97 Å². The zero-order chi connectivity index (χ0) is 17.0. The van der Waals surface area contributed by atoms with E-state index in [9.17, 15) is 5.11 Å². The van der Waals surface area contributed by atoms with Crippen LogP contribution in [0.2, 0.25) is 0 Å². The fourth-order valence-electron chi connectivity index (χ4n) is 4.53. The van der Waals surface area contributed by atoms with Crippen molar-refractivity contribution in [2.75, 3.05) is 0 Å². The average Bonchev–Trinajstić information content (AvgIpc) is 2.46. The summed E-state index contributed by atoms with van der Waals surface area (Å²) >= 11 is 4.78. The van der Waals surface area contributed by atoms with Crippen LogP contribution in [0.1, 0.15) is 58.3 Å². The van der Waals surface area contributed by atoms with Gasteiger partial charge >= 0.3 is 17.1 Å². The van der Waals surface area contributed by atoms with E-state index in [0.29, 0.717) is 11.8 Å². The quantitative estimate of drug-likeness (QED) is 0.176. The first kappa shape index (κ1) is 27.4. The standard InChI is InChI=1S/C14H23N3OS.C2H4O2.Cu.2H2O/c15-13(19)17-16-12-9-4-3-6-11(12)14(18)7-2-1-5-10(14)8-9;1-2(3)4;;;/h9-11,18H,1-8H2,(H3,15,17,19);1H3,(H,3,4);;2*1H2/q;;+1;;/p-1/b16-12+;;;;. The number of hydrogen-bond acceptors (Lipinski definition) is 5. The van der Waals surface area contributed by atoms with Crippen LogP contribution in [0.3, 0.4) is 0 Å². The first-order chi connectivity index (χ1) is 10.8. The van der Waals surface area contributed by atoms with Crippen molar-refractivity contribution in [3.05, 3.63) is 0 Å². The smallest absolute Gasteiger partial charge is 0.741 e. The van der Waals surface area contributed by atoms with Crippen LogP contribution in [0, 0.1) is 17.8 Å². The summed E-state index contributed by atoms with van der Waals surface area (Å²) < 4.78 is 0. The predicted octanol–water partition coefficient (Wildman–Crippen LogP) is 0.384. The number of fused-ring (bicyclic) bond motifs is 4. The first-order valence-electron chi connectivity index (χ1n) is 8.34. The number of carboxylic acid groups (broad SMARTS) is 1. The normalized spacial score (nSPS) is 33.8. The van der Waals surface area contributed by atoms with E-state index in [2.05, 4.69) is 10.2 Å². The summed E-state index contributed by atoms with van der Waals surface area (Å²) in [6.07, 6.45) is 8.95. The number of carboxylic acids is 1. The van der Waals surface area contributed by atoms with E-state index in [-0.39, 0.29) is 39.1 Å². The molecule has 0 aromatic heterocycles. The monoisotopic (exact) mass is 439 g/mol. The third-order valence-corrected chi connectivity index (χ3v) is 5.43. The molecule has 3 aliphatic carbocycles. The Balaban J connectivity index is 0. The maximum Gasteiger partial charge on any atom is 1.00 e. The van der Waals surface area contributed by atoms with Gasteiger partial charge in [-0.05, 0) is 49.1 Å². The second kappa shape index (κ2) is 11.8. The van der Waals surface area contributed by atoms with Crippen molar-refractivity contribution in [1.82, 2.24) is 0 Å². The van der Waals surface area contributed by atoms with Crippen LogP contribution in [-0.2, 0) is 34.5 Å². The van der Waals surface area contributed by atoms with E-state index >= 15 is 0 Å². The Morgan fingerprint density at radius 3 is 2.42 bits per heavy atom. The van der Waals surface area contributed by atoms with Crippen molar-refractivity contribution in [1.29, 1.82) is 0 Å². The van der Waals surface area contributed by atoms with Crippen LogP contribution in [0.15, 0.2) is 10.2 Å². The summed E-state index contributed by atoms with van der Waals surface area (Å²) in [6, 6.07) is 0. The number of rotatable bonds is 1. The molecule has 26 heavy (non-hydrogen) atoms. The Bertz CT molecular complexity index is 512. The van der Waals surface area contributed by atoms with Gasteiger partial charge < -0.3 is 39.5 Å². The van der Waals surface area contributed by atoms with Crippen LogP contribution in [0.5, 0.6) is 0 Å². The zero-order valence-corrected chi connectivity index (χ0v) is 16.6. The second-order valence-electron chi connectivity index (χ2n) is 6.83. The molecule has 10 heteroatoms. The number of amidine groups is 1. The molecule has 4 atom stereocenters. The molecule has 4 unspecified atom stereocenters. The predicted molar refractivity (Wildman–Crippen MR) is 99.3 cm³/mol. The van der Waals surface area contributed by atoms with Gasteiger partial charge in [-0.25, -0.2) is 0 Å². The van der Waals surface area contributed by atoms with Gasteiger partial charge in [0, 0.05) is 18.6 Å². The Hall–Kier alpha value is -0.771. The van der Waals surface area contributed by atoms with Gasteiger partial charge in [0.05, 0.1) is 5.60 Å². The number of nitrogens with two attached hydrogens (primary N) is 1. The number of nitrogens with zero attached hydrogens (tertiary/aromatic N) is 2. The fraction of sp³-hybridized carbons (Fsp3) is 0.812. The summed E-state index contributed by atoms with van der Waals surface area (Å²) in [5.41, 5.74) is 5.95. The molecule has 0 spiro atoms. The summed E-state index contributed by atoms with van der Waals surface area (Å²) in [5.74, 6) is 0.295. The molecule has 0 aromatic carbocycles. The van der Waals surface area contributed by atoms with Crippen LogP contribution < -0.4 is 5.73 Å². The summed E-state index contributed by atoms with van der Waals surface area (Å²) in [6.45, 7) is 1.08. The van der Waals surface area contributed by atoms with Crippen LogP contribution in [0.4, 0.5) is 0 Å². The van der Waals surface area contributed by atoms with Crippen LogP contribution in [0.25, 0.3) is 0 Å². The molecule has 0 radical (unpaired) electrons. The molecule has 0 aliphatic heterocycles. The van der Waals surface area contributed by atoms with Crippen molar-refractivity contribution in [2.45, 2.75) is 63.9 Å². The largest absolute Gasteiger partial charge is 1.00 e. The van der Waals surface area contributed by atoms with E-state index in [1.165, 1.54) is 25.7 Å². The summed E-state index contributed by atoms with van der Waals surface area (Å²) in [5, 5.41) is 26.9. The fourth-order valence-corrected chi connectivity index (χ4v) is 4.57. The number of aliphatic carboxylic acids is 1. The third-order valence-electron chi connectivity index (χ3n) is 5.34. The van der Waals surface area contributed by atoms with E-state index in [1.54, 1.807) is 0 Å². The van der Waals surface area contributed by atoms with Gasteiger partial charge in [-0.3, -0.25) is 4.79 Å². The average molecular weight is 440 g/mol. The molecule has 3 saturated carbocycles. The van der Waals surface area contributed by atoms with Gasteiger partial charge in [-0.15, -0.1) is 0 Å². The molecule has 8 nitrogen and oxygen atoms in total. The maximum absolute atomic E-state index is 11.2. The van der Waals surface area contributed by atoms with Crippen LogP contribution >= 0.6 is 0 Å². The van der Waals surface area contributed by atoms with Crippen molar-refractivity contribution in [2.24, 2.45) is 33.7 Å². The minimum absolute atomic E-state index is 0. The van der Waals surface area contributed by atoms with Gasteiger partial charge in [0.2, 0.25) is 0 Å². The van der Waals surface area contributed by atoms with Crippen molar-refractivity contribution in [3.8, 4) is 0 Å². The second-order valence-corrected chi connectivity index (χ2v) is 7.25. The molecule has 0 amide bonds. The Morgan fingerprint density at radius 1 is 1.23 bits per heavy atom. The third kappa shape index (κ3) is 6.44. The molecular formula is C16H30CuN3O5S. The van der Waals surface area contributed by atoms with E-state index < -0.39 is 11.6 Å². The Kier molecular flexibility index (Phi) is 12.5. The maximum atomic E-state index is 11.2. The molecule has 0 heterocycles. The SMILES string of the molecule is CC(=O)O.N/C([S-])=N/N=C1\C2CCCC1C1(O)CCCCC1C2.O.O.[Cu+]. The zero-order valence-electron chi connectivity index (χ0n) is 14.9. The molecule has 0 aromatic rings.